The molecule has 0 bridgehead atoms. The highest BCUT2D eigenvalue weighted by Crippen LogP contribution is 2.16. The molecule has 0 saturated carbocycles. The quantitative estimate of drug-likeness (QED) is 0.818. The van der Waals surface area contributed by atoms with E-state index in [4.69, 9.17) is 5.73 Å². The number of nitrogens with zero attached hydrogens (tertiary/aromatic N) is 1. The second-order valence-corrected chi connectivity index (χ2v) is 3.31. The molecular weight excluding hydrogens is 202 g/mol. The molecule has 1 aromatic carbocycles. The van der Waals surface area contributed by atoms with Crippen LogP contribution in [0, 0.1) is 0 Å². The second kappa shape index (κ2) is 4.44. The van der Waals surface area contributed by atoms with Gasteiger partial charge in [0.15, 0.2) is 0 Å². The predicted octanol–water partition coefficient (Wildman–Crippen LogP) is 1.92. The molecule has 2 rings (SSSR count). The summed E-state index contributed by atoms with van der Waals surface area (Å²) in [7, 11) is 0. The van der Waals surface area contributed by atoms with E-state index in [9.17, 15) is 4.79 Å². The van der Waals surface area contributed by atoms with Crippen LogP contribution < -0.4 is 11.1 Å². The number of nitrogens with two attached hydrogens (primary N) is 1. The fourth-order valence-electron chi connectivity index (χ4n) is 1.35. The Morgan fingerprint density at radius 3 is 2.69 bits per heavy atom. The van der Waals surface area contributed by atoms with Crippen LogP contribution >= 0.6 is 0 Å². The summed E-state index contributed by atoms with van der Waals surface area (Å²) in [5.41, 5.74) is 7.35. The summed E-state index contributed by atoms with van der Waals surface area (Å²) >= 11 is 0. The van der Waals surface area contributed by atoms with Crippen LogP contribution in [0.2, 0.25) is 0 Å². The minimum absolute atomic E-state index is 0.435. The van der Waals surface area contributed by atoms with E-state index in [1.807, 2.05) is 18.2 Å². The van der Waals surface area contributed by atoms with E-state index in [1.165, 1.54) is 0 Å². The van der Waals surface area contributed by atoms with Crippen LogP contribution in [0.15, 0.2) is 48.8 Å². The maximum Gasteiger partial charge on any atom is 0.248 e. The standard InChI is InChI=1S/C12H11N3O/c13-12(16)9-3-1-4-10(7-9)15-11-5-2-6-14-8-11/h1-8,15H,(H2,13,16). The number of benzene rings is 1. The molecule has 0 radical (unpaired) electrons. The van der Waals surface area contributed by atoms with Gasteiger partial charge in [0.05, 0.1) is 11.9 Å². The van der Waals surface area contributed by atoms with Crippen LogP contribution in [0.3, 0.4) is 0 Å². The number of anilines is 2. The van der Waals surface area contributed by atoms with Gasteiger partial charge in [0.1, 0.15) is 0 Å². The van der Waals surface area contributed by atoms with Gasteiger partial charge in [-0.15, -0.1) is 0 Å². The molecule has 1 aromatic heterocycles. The maximum atomic E-state index is 11.0. The minimum Gasteiger partial charge on any atom is -0.366 e. The third-order valence-corrected chi connectivity index (χ3v) is 2.10. The second-order valence-electron chi connectivity index (χ2n) is 3.31. The van der Waals surface area contributed by atoms with Gasteiger partial charge in [-0.05, 0) is 30.3 Å². The Kier molecular flexibility index (Phi) is 2.82. The van der Waals surface area contributed by atoms with Gasteiger partial charge in [-0.1, -0.05) is 6.07 Å². The molecule has 1 heterocycles. The molecule has 2 aromatic rings. The summed E-state index contributed by atoms with van der Waals surface area (Å²) in [4.78, 5) is 15.0. The van der Waals surface area contributed by atoms with E-state index in [2.05, 4.69) is 10.3 Å². The summed E-state index contributed by atoms with van der Waals surface area (Å²) < 4.78 is 0. The van der Waals surface area contributed by atoms with Crippen LogP contribution in [0.1, 0.15) is 10.4 Å². The average molecular weight is 213 g/mol. The predicted molar refractivity (Wildman–Crippen MR) is 62.5 cm³/mol. The van der Waals surface area contributed by atoms with Gasteiger partial charge in [0.25, 0.3) is 0 Å². The Balaban J connectivity index is 2.22. The van der Waals surface area contributed by atoms with Gasteiger partial charge in [0.2, 0.25) is 5.91 Å². The Labute approximate surface area is 93.1 Å². The highest BCUT2D eigenvalue weighted by Gasteiger charge is 2.01. The number of aromatic nitrogens is 1. The largest absolute Gasteiger partial charge is 0.366 e. The van der Waals surface area contributed by atoms with Gasteiger partial charge in [-0.2, -0.15) is 0 Å². The summed E-state index contributed by atoms with van der Waals surface area (Å²) in [6, 6.07) is 10.7. The zero-order valence-corrected chi connectivity index (χ0v) is 8.55. The lowest BCUT2D eigenvalue weighted by Crippen LogP contribution is -2.10. The maximum absolute atomic E-state index is 11.0. The van der Waals surface area contributed by atoms with Crippen molar-refractivity contribution in [3.05, 3.63) is 54.4 Å². The topological polar surface area (TPSA) is 68.0 Å². The summed E-state index contributed by atoms with van der Waals surface area (Å²) in [5, 5.41) is 3.13. The molecule has 4 nitrogen and oxygen atoms in total. The molecule has 80 valence electrons. The molecule has 0 aliphatic rings. The normalized spacial score (nSPS) is 9.75. The summed E-state index contributed by atoms with van der Waals surface area (Å²) in [5.74, 6) is -0.435. The first-order valence-corrected chi connectivity index (χ1v) is 4.82. The Morgan fingerprint density at radius 2 is 2.00 bits per heavy atom. The molecule has 0 atom stereocenters. The molecule has 0 spiro atoms. The molecule has 0 fully saturated rings. The van der Waals surface area contributed by atoms with Crippen molar-refractivity contribution in [2.24, 2.45) is 5.73 Å². The minimum atomic E-state index is -0.435. The van der Waals surface area contributed by atoms with Gasteiger partial charge >= 0.3 is 0 Å². The lowest BCUT2D eigenvalue weighted by Gasteiger charge is -2.06. The first-order chi connectivity index (χ1) is 7.75. The van der Waals surface area contributed by atoms with Crippen LogP contribution in [0.25, 0.3) is 0 Å². The zero-order chi connectivity index (χ0) is 11.4. The SMILES string of the molecule is NC(=O)c1cccc(Nc2cccnc2)c1. The highest BCUT2D eigenvalue weighted by atomic mass is 16.1. The van der Waals surface area contributed by atoms with Crippen LogP contribution in [-0.4, -0.2) is 10.9 Å². The van der Waals surface area contributed by atoms with E-state index in [1.54, 1.807) is 30.6 Å². The van der Waals surface area contributed by atoms with Crippen molar-refractivity contribution < 1.29 is 4.79 Å². The first kappa shape index (κ1) is 10.2. The van der Waals surface area contributed by atoms with Crippen molar-refractivity contribution in [1.82, 2.24) is 4.98 Å². The van der Waals surface area contributed by atoms with Crippen molar-refractivity contribution in [3.63, 3.8) is 0 Å². The fraction of sp³-hybridized carbons (Fsp3) is 0. The number of pyridine rings is 1. The number of nitrogens with one attached hydrogen (secondary N) is 1. The molecule has 0 unspecified atom stereocenters. The fourth-order valence-corrected chi connectivity index (χ4v) is 1.35. The van der Waals surface area contributed by atoms with Crippen LogP contribution in [0.5, 0.6) is 0 Å². The molecule has 4 heteroatoms. The van der Waals surface area contributed by atoms with E-state index in [-0.39, 0.29) is 0 Å². The third kappa shape index (κ3) is 2.36. The lowest BCUT2D eigenvalue weighted by atomic mass is 10.2. The summed E-state index contributed by atoms with van der Waals surface area (Å²) in [6.07, 6.45) is 3.40. The van der Waals surface area contributed by atoms with E-state index >= 15 is 0 Å². The van der Waals surface area contributed by atoms with Gasteiger partial charge < -0.3 is 11.1 Å². The van der Waals surface area contributed by atoms with Crippen molar-refractivity contribution >= 4 is 17.3 Å². The Hall–Kier alpha value is -2.36. The van der Waals surface area contributed by atoms with E-state index in [0.717, 1.165) is 11.4 Å². The average Bonchev–Trinajstić information content (AvgIpc) is 2.30. The number of primary amides is 1. The molecule has 3 N–H and O–H groups in total. The number of hydrogen-bond donors (Lipinski definition) is 2. The monoisotopic (exact) mass is 213 g/mol. The third-order valence-electron chi connectivity index (χ3n) is 2.10. The zero-order valence-electron chi connectivity index (χ0n) is 8.55. The highest BCUT2D eigenvalue weighted by molar-refractivity contribution is 5.93. The molecular formula is C12H11N3O. The van der Waals surface area contributed by atoms with Crippen molar-refractivity contribution in [3.8, 4) is 0 Å². The van der Waals surface area contributed by atoms with Crippen molar-refractivity contribution in [2.45, 2.75) is 0 Å². The van der Waals surface area contributed by atoms with Gasteiger partial charge in [0, 0.05) is 17.4 Å². The molecule has 0 saturated heterocycles. The molecule has 1 amide bonds. The lowest BCUT2D eigenvalue weighted by molar-refractivity contribution is 0.100. The number of carbonyl (C=O) groups is 1. The molecule has 0 aliphatic heterocycles. The van der Waals surface area contributed by atoms with Gasteiger partial charge in [-0.3, -0.25) is 9.78 Å². The van der Waals surface area contributed by atoms with E-state index < -0.39 is 5.91 Å². The van der Waals surface area contributed by atoms with Gasteiger partial charge in [-0.25, -0.2) is 0 Å². The smallest absolute Gasteiger partial charge is 0.248 e. The number of hydrogen-bond acceptors (Lipinski definition) is 3. The number of amides is 1. The van der Waals surface area contributed by atoms with E-state index in [0.29, 0.717) is 5.56 Å². The Morgan fingerprint density at radius 1 is 1.19 bits per heavy atom. The molecule has 16 heavy (non-hydrogen) atoms. The van der Waals surface area contributed by atoms with Crippen LogP contribution in [0.4, 0.5) is 11.4 Å². The van der Waals surface area contributed by atoms with Crippen LogP contribution in [-0.2, 0) is 0 Å². The number of rotatable bonds is 3. The van der Waals surface area contributed by atoms with Crippen molar-refractivity contribution in [1.29, 1.82) is 0 Å². The first-order valence-electron chi connectivity index (χ1n) is 4.82. The number of carbonyl (C=O) groups excluding carboxylic acids is 1. The Bertz CT molecular complexity index is 497. The molecule has 0 aliphatic carbocycles. The van der Waals surface area contributed by atoms with Crippen molar-refractivity contribution in [2.75, 3.05) is 5.32 Å². The summed E-state index contributed by atoms with van der Waals surface area (Å²) in [6.45, 7) is 0.